The topological polar surface area (TPSA) is 111 Å². The van der Waals surface area contributed by atoms with Gasteiger partial charge in [0.1, 0.15) is 11.3 Å². The van der Waals surface area contributed by atoms with Crippen LogP contribution in [0.5, 0.6) is 0 Å². The summed E-state index contributed by atoms with van der Waals surface area (Å²) in [6.45, 7) is 0.854. The maximum absolute atomic E-state index is 12.6. The number of amides is 2. The smallest absolute Gasteiger partial charge is 0.272 e. The van der Waals surface area contributed by atoms with Crippen LogP contribution in [0.1, 0.15) is 27.3 Å². The van der Waals surface area contributed by atoms with E-state index in [-0.39, 0.29) is 23.4 Å². The van der Waals surface area contributed by atoms with Crippen LogP contribution in [0.15, 0.2) is 35.5 Å². The predicted molar refractivity (Wildman–Crippen MR) is 95.0 cm³/mol. The SMILES string of the molecule is CNc1ccc(C(=O)N(C)C2CCN(C(=O)c3c[nH]ncc3=O)C2)nc1. The molecule has 0 bridgehead atoms. The normalized spacial score (nSPS) is 16.4. The molecular weight excluding hydrogens is 336 g/mol. The number of hydrogen-bond acceptors (Lipinski definition) is 6. The summed E-state index contributed by atoms with van der Waals surface area (Å²) in [6, 6.07) is 3.32. The fraction of sp³-hybridized carbons (Fsp3) is 0.353. The Hall–Kier alpha value is -3.23. The molecule has 9 nitrogen and oxygen atoms in total. The number of anilines is 1. The summed E-state index contributed by atoms with van der Waals surface area (Å²) in [5.74, 6) is -0.554. The summed E-state index contributed by atoms with van der Waals surface area (Å²) in [7, 11) is 3.48. The molecule has 3 rings (SSSR count). The van der Waals surface area contributed by atoms with Crippen LogP contribution in [-0.4, -0.2) is 70.0 Å². The highest BCUT2D eigenvalue weighted by atomic mass is 16.2. The molecule has 2 amide bonds. The number of likely N-dealkylation sites (N-methyl/N-ethyl adjacent to an activating group) is 1. The second kappa shape index (κ2) is 7.34. The Balaban J connectivity index is 1.67. The number of rotatable bonds is 4. The summed E-state index contributed by atoms with van der Waals surface area (Å²) >= 11 is 0. The van der Waals surface area contributed by atoms with Gasteiger partial charge in [-0.3, -0.25) is 19.5 Å². The van der Waals surface area contributed by atoms with Crippen molar-refractivity contribution in [2.24, 2.45) is 0 Å². The van der Waals surface area contributed by atoms with E-state index in [0.29, 0.717) is 25.2 Å². The van der Waals surface area contributed by atoms with Crippen LogP contribution in [0, 0.1) is 0 Å². The maximum atomic E-state index is 12.6. The highest BCUT2D eigenvalue weighted by Crippen LogP contribution is 2.18. The first-order valence-electron chi connectivity index (χ1n) is 8.24. The molecule has 136 valence electrons. The van der Waals surface area contributed by atoms with Crippen LogP contribution in [0.3, 0.4) is 0 Å². The second-order valence-electron chi connectivity index (χ2n) is 6.10. The molecule has 26 heavy (non-hydrogen) atoms. The van der Waals surface area contributed by atoms with Crippen LogP contribution < -0.4 is 10.7 Å². The molecule has 0 spiro atoms. The minimum absolute atomic E-state index is 0.0546. The van der Waals surface area contributed by atoms with E-state index in [0.717, 1.165) is 11.9 Å². The molecule has 2 aromatic heterocycles. The van der Waals surface area contributed by atoms with Gasteiger partial charge < -0.3 is 15.1 Å². The number of H-pyrrole nitrogens is 1. The van der Waals surface area contributed by atoms with Gasteiger partial charge in [0.15, 0.2) is 0 Å². The average Bonchev–Trinajstić information content (AvgIpc) is 3.17. The van der Waals surface area contributed by atoms with Crippen LogP contribution in [0.2, 0.25) is 0 Å². The highest BCUT2D eigenvalue weighted by molar-refractivity contribution is 5.94. The van der Waals surface area contributed by atoms with Gasteiger partial charge in [-0.15, -0.1) is 0 Å². The molecule has 9 heteroatoms. The minimum Gasteiger partial charge on any atom is -0.387 e. The van der Waals surface area contributed by atoms with Crippen LogP contribution in [0.4, 0.5) is 5.69 Å². The van der Waals surface area contributed by atoms with Crippen molar-refractivity contribution in [3.8, 4) is 0 Å². The number of carbonyl (C=O) groups excluding carboxylic acids is 2. The summed E-state index contributed by atoms with van der Waals surface area (Å²) in [5.41, 5.74) is 0.806. The van der Waals surface area contributed by atoms with Crippen LogP contribution in [0.25, 0.3) is 0 Å². The molecule has 2 N–H and O–H groups in total. The number of carbonyl (C=O) groups is 2. The summed E-state index contributed by atoms with van der Waals surface area (Å²) in [4.78, 5) is 44.2. The van der Waals surface area contributed by atoms with Gasteiger partial charge in [-0.2, -0.15) is 5.10 Å². The van der Waals surface area contributed by atoms with Crippen LogP contribution in [-0.2, 0) is 0 Å². The number of aromatic amines is 1. The van der Waals surface area contributed by atoms with Gasteiger partial charge >= 0.3 is 0 Å². The van der Waals surface area contributed by atoms with Gasteiger partial charge in [-0.25, -0.2) is 4.98 Å². The molecule has 1 saturated heterocycles. The molecule has 1 aliphatic rings. The van der Waals surface area contributed by atoms with Gasteiger partial charge in [-0.05, 0) is 18.6 Å². The van der Waals surface area contributed by atoms with Crippen molar-refractivity contribution in [2.45, 2.75) is 12.5 Å². The van der Waals surface area contributed by atoms with Crippen molar-refractivity contribution in [1.29, 1.82) is 0 Å². The molecule has 0 aromatic carbocycles. The minimum atomic E-state index is -0.421. The second-order valence-corrected chi connectivity index (χ2v) is 6.10. The van der Waals surface area contributed by atoms with E-state index in [1.54, 1.807) is 42.2 Å². The number of hydrogen-bond donors (Lipinski definition) is 2. The lowest BCUT2D eigenvalue weighted by Gasteiger charge is -2.24. The number of pyridine rings is 1. The fourth-order valence-corrected chi connectivity index (χ4v) is 2.93. The Bertz CT molecular complexity index is 863. The Morgan fingerprint density at radius 2 is 2.15 bits per heavy atom. The first-order chi connectivity index (χ1) is 12.5. The molecule has 1 unspecified atom stereocenters. The lowest BCUT2D eigenvalue weighted by molar-refractivity contribution is 0.0696. The molecule has 3 heterocycles. The molecule has 2 aromatic rings. The molecule has 1 fully saturated rings. The molecule has 1 atom stereocenters. The first kappa shape index (κ1) is 17.6. The first-order valence-corrected chi connectivity index (χ1v) is 8.24. The largest absolute Gasteiger partial charge is 0.387 e. The zero-order valence-electron chi connectivity index (χ0n) is 14.6. The Morgan fingerprint density at radius 1 is 1.35 bits per heavy atom. The van der Waals surface area contributed by atoms with E-state index >= 15 is 0 Å². The van der Waals surface area contributed by atoms with E-state index < -0.39 is 5.43 Å². The number of nitrogens with zero attached hydrogens (tertiary/aromatic N) is 4. The molecule has 0 radical (unpaired) electrons. The van der Waals surface area contributed by atoms with E-state index in [1.807, 2.05) is 0 Å². The van der Waals surface area contributed by atoms with Gasteiger partial charge in [0.2, 0.25) is 5.43 Å². The number of nitrogens with one attached hydrogen (secondary N) is 2. The number of aromatic nitrogens is 3. The Labute approximate surface area is 150 Å². The fourth-order valence-electron chi connectivity index (χ4n) is 2.93. The zero-order valence-corrected chi connectivity index (χ0v) is 14.6. The lowest BCUT2D eigenvalue weighted by Crippen LogP contribution is -2.41. The third kappa shape index (κ3) is 3.41. The van der Waals surface area contributed by atoms with Crippen molar-refractivity contribution in [2.75, 3.05) is 32.5 Å². The third-order valence-electron chi connectivity index (χ3n) is 4.55. The zero-order chi connectivity index (χ0) is 18.7. The van der Waals surface area contributed by atoms with Crippen molar-refractivity contribution in [3.63, 3.8) is 0 Å². The molecule has 0 saturated carbocycles. The Morgan fingerprint density at radius 3 is 2.81 bits per heavy atom. The van der Waals surface area contributed by atoms with Gasteiger partial charge in [0.05, 0.1) is 24.1 Å². The monoisotopic (exact) mass is 356 g/mol. The van der Waals surface area contributed by atoms with E-state index in [4.69, 9.17) is 0 Å². The van der Waals surface area contributed by atoms with E-state index in [2.05, 4.69) is 20.5 Å². The Kier molecular flexibility index (Phi) is 4.97. The summed E-state index contributed by atoms with van der Waals surface area (Å²) in [6.07, 6.45) is 4.63. The van der Waals surface area contributed by atoms with Gasteiger partial charge in [-0.1, -0.05) is 0 Å². The van der Waals surface area contributed by atoms with Crippen molar-refractivity contribution in [3.05, 3.63) is 52.2 Å². The van der Waals surface area contributed by atoms with Gasteiger partial charge in [0, 0.05) is 33.4 Å². The van der Waals surface area contributed by atoms with Crippen molar-refractivity contribution >= 4 is 17.5 Å². The average molecular weight is 356 g/mol. The standard InChI is InChI=1S/C17H20N6O3/c1-18-11-3-4-14(19-7-11)17(26)22(2)12-5-6-23(10-12)16(25)13-8-20-21-9-15(13)24/h3-4,7-9,12,18H,5-6,10H2,1-2H3,(H,20,24). The number of likely N-dealkylation sites (tertiary alicyclic amines) is 1. The third-order valence-corrected chi connectivity index (χ3v) is 4.55. The predicted octanol–water partition coefficient (Wildman–Crippen LogP) is 0.193. The van der Waals surface area contributed by atoms with Crippen LogP contribution >= 0.6 is 0 Å². The van der Waals surface area contributed by atoms with E-state index in [1.165, 1.54) is 6.20 Å². The van der Waals surface area contributed by atoms with E-state index in [9.17, 15) is 14.4 Å². The summed E-state index contributed by atoms with van der Waals surface area (Å²) < 4.78 is 0. The van der Waals surface area contributed by atoms with Gasteiger partial charge in [0.25, 0.3) is 11.8 Å². The quantitative estimate of drug-likeness (QED) is 0.809. The highest BCUT2D eigenvalue weighted by Gasteiger charge is 2.32. The molecular formula is C17H20N6O3. The lowest BCUT2D eigenvalue weighted by atomic mass is 10.2. The molecule has 0 aliphatic carbocycles. The summed E-state index contributed by atoms with van der Waals surface area (Å²) in [5, 5.41) is 9.06. The maximum Gasteiger partial charge on any atom is 0.272 e. The van der Waals surface area contributed by atoms with Crippen molar-refractivity contribution < 1.29 is 9.59 Å². The molecule has 1 aliphatic heterocycles. The van der Waals surface area contributed by atoms with Crippen molar-refractivity contribution in [1.82, 2.24) is 25.0 Å².